The summed E-state index contributed by atoms with van der Waals surface area (Å²) in [7, 11) is 1.93. The van der Waals surface area contributed by atoms with Gasteiger partial charge in [-0.3, -0.25) is 14.2 Å². The molecule has 4 heterocycles. The van der Waals surface area contributed by atoms with Crippen LogP contribution < -0.4 is 4.74 Å². The van der Waals surface area contributed by atoms with Gasteiger partial charge >= 0.3 is 0 Å². The largest absolute Gasteiger partial charge is 0.493 e. The first-order chi connectivity index (χ1) is 22.1. The molecule has 1 aliphatic carbocycles. The van der Waals surface area contributed by atoms with Gasteiger partial charge in [0.1, 0.15) is 23.1 Å². The quantitative estimate of drug-likeness (QED) is 0.186. The predicted octanol–water partition coefficient (Wildman–Crippen LogP) is 7.29. The molecule has 46 heavy (non-hydrogen) atoms. The van der Waals surface area contributed by atoms with Crippen LogP contribution in [0.1, 0.15) is 61.8 Å². The number of amides is 1. The SMILES string of the molecule is C=CC(=O)N1C[C@H](C)n2nc(-c3nc(-c4ccc5c(C)n(C)nc5c4)c4c(c3-c3c(F)cc(F)cc3OCC)CCC4)cc2[C@H]1C. The van der Waals surface area contributed by atoms with Crippen LogP contribution in [0.2, 0.25) is 0 Å². The number of halogens is 2. The fourth-order valence-corrected chi connectivity index (χ4v) is 7.16. The van der Waals surface area contributed by atoms with Crippen molar-refractivity contribution in [2.45, 2.75) is 59.0 Å². The van der Waals surface area contributed by atoms with Gasteiger partial charge in [-0.1, -0.05) is 18.7 Å². The second-order valence-corrected chi connectivity index (χ2v) is 12.2. The monoisotopic (exact) mass is 622 g/mol. The molecule has 5 aromatic rings. The molecule has 7 rings (SSSR count). The Morgan fingerprint density at radius 2 is 1.85 bits per heavy atom. The van der Waals surface area contributed by atoms with E-state index >= 15 is 4.39 Å². The number of carbonyl (C=O) groups is 1. The molecule has 0 bridgehead atoms. The highest BCUT2D eigenvalue weighted by Gasteiger charge is 2.35. The van der Waals surface area contributed by atoms with E-state index in [0.717, 1.165) is 63.6 Å². The Labute approximate surface area is 266 Å². The molecule has 1 amide bonds. The van der Waals surface area contributed by atoms with Crippen LogP contribution in [0.15, 0.2) is 49.1 Å². The highest BCUT2D eigenvalue weighted by Crippen LogP contribution is 2.47. The summed E-state index contributed by atoms with van der Waals surface area (Å²) >= 11 is 0. The summed E-state index contributed by atoms with van der Waals surface area (Å²) in [6.07, 6.45) is 3.66. The fraction of sp³-hybridized carbons (Fsp3) is 0.333. The van der Waals surface area contributed by atoms with Crippen LogP contribution in [0.5, 0.6) is 5.75 Å². The van der Waals surface area contributed by atoms with Crippen molar-refractivity contribution in [1.82, 2.24) is 29.4 Å². The second kappa shape index (κ2) is 11.2. The molecule has 0 unspecified atom stereocenters. The molecule has 0 saturated heterocycles. The zero-order valence-corrected chi connectivity index (χ0v) is 26.7. The maximum Gasteiger partial charge on any atom is 0.246 e. The molecule has 0 N–H and O–H groups in total. The summed E-state index contributed by atoms with van der Waals surface area (Å²) in [5.41, 5.74) is 8.27. The maximum atomic E-state index is 16.0. The number of nitrogens with zero attached hydrogens (tertiary/aromatic N) is 6. The first-order valence-corrected chi connectivity index (χ1v) is 15.8. The number of benzene rings is 2. The van der Waals surface area contributed by atoms with E-state index in [0.29, 0.717) is 29.9 Å². The number of pyridine rings is 1. The number of aryl methyl sites for hydroxylation is 2. The van der Waals surface area contributed by atoms with Gasteiger partial charge in [-0.25, -0.2) is 13.8 Å². The Hall–Kier alpha value is -4.86. The van der Waals surface area contributed by atoms with Crippen molar-refractivity contribution in [3.63, 3.8) is 0 Å². The Kier molecular flexibility index (Phi) is 7.25. The number of hydrogen-bond acceptors (Lipinski definition) is 5. The number of fused-ring (bicyclic) bond motifs is 3. The molecule has 1 aliphatic heterocycles. The van der Waals surface area contributed by atoms with Crippen molar-refractivity contribution in [3.05, 3.63) is 83.2 Å². The normalized spacial score (nSPS) is 17.3. The molecule has 2 aromatic carbocycles. The van der Waals surface area contributed by atoms with Crippen LogP contribution in [-0.4, -0.2) is 48.5 Å². The van der Waals surface area contributed by atoms with Crippen LogP contribution >= 0.6 is 0 Å². The first kappa shape index (κ1) is 29.8. The van der Waals surface area contributed by atoms with Gasteiger partial charge in [0.15, 0.2) is 0 Å². The van der Waals surface area contributed by atoms with E-state index in [-0.39, 0.29) is 35.9 Å². The van der Waals surface area contributed by atoms with E-state index in [4.69, 9.17) is 19.9 Å². The van der Waals surface area contributed by atoms with Crippen molar-refractivity contribution in [2.75, 3.05) is 13.2 Å². The van der Waals surface area contributed by atoms with E-state index in [1.807, 2.05) is 43.2 Å². The minimum atomic E-state index is -0.716. The standard InChI is InChI=1S/C36H36F2N6O2/c1-7-32(45)43-18-19(3)44-30(21(43)5)17-29(41-44)36-33(34-27(38)15-23(37)16-31(34)46-8-2)25-10-9-11-26(25)35(39-36)22-12-13-24-20(4)42(6)40-28(24)14-22/h7,12-17,19,21H,1,8-11,18H2,2-6H3/t19-,21+/m0/s1. The van der Waals surface area contributed by atoms with Gasteiger partial charge in [0.2, 0.25) is 5.91 Å². The Bertz CT molecular complexity index is 2060. The Balaban J connectivity index is 1.52. The molecule has 3 aromatic heterocycles. The lowest BCUT2D eigenvalue weighted by atomic mass is 9.90. The molecule has 0 radical (unpaired) electrons. The summed E-state index contributed by atoms with van der Waals surface area (Å²) in [4.78, 5) is 19.8. The van der Waals surface area contributed by atoms with Gasteiger partial charge in [-0.15, -0.1) is 0 Å². The smallest absolute Gasteiger partial charge is 0.246 e. The van der Waals surface area contributed by atoms with Crippen molar-refractivity contribution in [3.8, 4) is 39.5 Å². The van der Waals surface area contributed by atoms with Crippen LogP contribution in [0.25, 0.3) is 44.7 Å². The minimum Gasteiger partial charge on any atom is -0.493 e. The molecule has 2 atom stereocenters. The third-order valence-corrected chi connectivity index (χ3v) is 9.48. The Morgan fingerprint density at radius 3 is 2.61 bits per heavy atom. The van der Waals surface area contributed by atoms with Gasteiger partial charge in [-0.2, -0.15) is 10.2 Å². The maximum absolute atomic E-state index is 16.0. The summed E-state index contributed by atoms with van der Waals surface area (Å²) in [6.45, 7) is 12.2. The summed E-state index contributed by atoms with van der Waals surface area (Å²) in [5.74, 6) is -1.45. The van der Waals surface area contributed by atoms with Crippen molar-refractivity contribution < 1.29 is 18.3 Å². The molecular weight excluding hydrogens is 586 g/mol. The molecule has 0 saturated carbocycles. The van der Waals surface area contributed by atoms with Crippen molar-refractivity contribution in [1.29, 1.82) is 0 Å². The number of carbonyl (C=O) groups excluding carboxylic acids is 1. The third kappa shape index (κ3) is 4.61. The number of hydrogen-bond donors (Lipinski definition) is 0. The number of ether oxygens (including phenoxy) is 1. The zero-order chi connectivity index (χ0) is 32.4. The minimum absolute atomic E-state index is 0.113. The van der Waals surface area contributed by atoms with E-state index in [1.54, 1.807) is 11.8 Å². The van der Waals surface area contributed by atoms with Gasteiger partial charge < -0.3 is 9.64 Å². The average Bonchev–Trinajstić information content (AvgIpc) is 3.76. The topological polar surface area (TPSA) is 78.1 Å². The molecular formula is C36H36F2N6O2. The van der Waals surface area contributed by atoms with Crippen molar-refractivity contribution in [2.24, 2.45) is 7.05 Å². The lowest BCUT2D eigenvalue weighted by Crippen LogP contribution is -2.42. The van der Waals surface area contributed by atoms with Gasteiger partial charge in [0.05, 0.1) is 46.9 Å². The lowest BCUT2D eigenvalue weighted by molar-refractivity contribution is -0.129. The van der Waals surface area contributed by atoms with Gasteiger partial charge in [0.25, 0.3) is 0 Å². The third-order valence-electron chi connectivity index (χ3n) is 9.48. The first-order valence-electron chi connectivity index (χ1n) is 15.8. The number of aromatic nitrogens is 5. The van der Waals surface area contributed by atoms with Crippen LogP contribution in [-0.2, 0) is 24.7 Å². The van der Waals surface area contributed by atoms with E-state index < -0.39 is 11.6 Å². The fourth-order valence-electron chi connectivity index (χ4n) is 7.16. The highest BCUT2D eigenvalue weighted by atomic mass is 19.1. The van der Waals surface area contributed by atoms with Crippen LogP contribution in [0.4, 0.5) is 8.78 Å². The molecule has 0 spiro atoms. The van der Waals surface area contributed by atoms with Gasteiger partial charge in [0, 0.05) is 47.9 Å². The van der Waals surface area contributed by atoms with Crippen LogP contribution in [0, 0.1) is 18.6 Å². The lowest BCUT2D eigenvalue weighted by Gasteiger charge is -2.36. The molecule has 236 valence electrons. The molecule has 8 nitrogen and oxygen atoms in total. The van der Waals surface area contributed by atoms with E-state index in [9.17, 15) is 9.18 Å². The molecule has 0 fully saturated rings. The van der Waals surface area contributed by atoms with E-state index in [1.165, 1.54) is 12.1 Å². The summed E-state index contributed by atoms with van der Waals surface area (Å²) in [6, 6.07) is 9.88. The van der Waals surface area contributed by atoms with Crippen LogP contribution in [0.3, 0.4) is 0 Å². The summed E-state index contributed by atoms with van der Waals surface area (Å²) < 4.78 is 40.2. The molecule has 10 heteroatoms. The second-order valence-electron chi connectivity index (χ2n) is 12.2. The van der Waals surface area contributed by atoms with Crippen molar-refractivity contribution >= 4 is 16.8 Å². The Morgan fingerprint density at radius 1 is 1.07 bits per heavy atom. The van der Waals surface area contributed by atoms with Gasteiger partial charge in [-0.05, 0) is 76.3 Å². The molecule has 2 aliphatic rings. The summed E-state index contributed by atoms with van der Waals surface area (Å²) in [5, 5.41) is 10.8. The predicted molar refractivity (Wildman–Crippen MR) is 173 cm³/mol. The van der Waals surface area contributed by atoms with E-state index in [2.05, 4.69) is 24.8 Å². The average molecular weight is 623 g/mol. The highest BCUT2D eigenvalue weighted by molar-refractivity contribution is 5.92. The number of rotatable bonds is 6. The zero-order valence-electron chi connectivity index (χ0n) is 26.7.